The topological polar surface area (TPSA) is 52.0 Å². The molecule has 18 heavy (non-hydrogen) atoms. The molecule has 0 atom stereocenters. The second-order valence-electron chi connectivity index (χ2n) is 4.20. The first kappa shape index (κ1) is 11.1. The van der Waals surface area contributed by atoms with Gasteiger partial charge in [-0.25, -0.2) is 4.98 Å². The number of anilines is 1. The Morgan fingerprint density at radius 3 is 2.83 bits per heavy atom. The van der Waals surface area contributed by atoms with Gasteiger partial charge in [0.05, 0.1) is 10.6 Å². The van der Waals surface area contributed by atoms with Crippen molar-refractivity contribution in [2.75, 3.05) is 5.73 Å². The number of nitrogens with zero attached hydrogens (tertiary/aromatic N) is 1. The molecule has 4 heteroatoms. The molecule has 0 saturated heterocycles. The number of oxazole rings is 1. The zero-order valence-corrected chi connectivity index (χ0v) is 10.5. The lowest BCUT2D eigenvalue weighted by atomic mass is 10.1. The van der Waals surface area contributed by atoms with Crippen LogP contribution in [0.1, 0.15) is 5.56 Å². The van der Waals surface area contributed by atoms with Crippen LogP contribution in [0, 0.1) is 6.92 Å². The highest BCUT2D eigenvalue weighted by molar-refractivity contribution is 6.34. The molecule has 0 aliphatic rings. The standard InChI is InChI=1S/C14H11ClN2O/c1-8-5-6-11(16)9(7-8)14-17-12-4-2-3-10(15)13(12)18-14/h2-7H,16H2,1H3. The highest BCUT2D eigenvalue weighted by Crippen LogP contribution is 2.32. The van der Waals surface area contributed by atoms with E-state index < -0.39 is 0 Å². The van der Waals surface area contributed by atoms with E-state index in [-0.39, 0.29) is 0 Å². The monoisotopic (exact) mass is 258 g/mol. The van der Waals surface area contributed by atoms with Crippen molar-refractivity contribution in [3.8, 4) is 11.5 Å². The summed E-state index contributed by atoms with van der Waals surface area (Å²) >= 11 is 6.06. The molecular weight excluding hydrogens is 248 g/mol. The van der Waals surface area contributed by atoms with Gasteiger partial charge in [0.25, 0.3) is 0 Å². The Morgan fingerprint density at radius 1 is 1.22 bits per heavy atom. The molecule has 0 aliphatic heterocycles. The normalized spacial score (nSPS) is 11.0. The largest absolute Gasteiger partial charge is 0.434 e. The molecule has 1 aromatic heterocycles. The maximum Gasteiger partial charge on any atom is 0.229 e. The van der Waals surface area contributed by atoms with Crippen LogP contribution in [0.5, 0.6) is 0 Å². The van der Waals surface area contributed by atoms with Gasteiger partial charge in [-0.15, -0.1) is 0 Å². The maximum atomic E-state index is 6.06. The summed E-state index contributed by atoms with van der Waals surface area (Å²) in [6.07, 6.45) is 0. The highest BCUT2D eigenvalue weighted by Gasteiger charge is 2.12. The van der Waals surface area contributed by atoms with Crippen LogP contribution in [0.3, 0.4) is 0 Å². The molecular formula is C14H11ClN2O. The molecule has 0 saturated carbocycles. The zero-order valence-electron chi connectivity index (χ0n) is 9.77. The molecule has 90 valence electrons. The number of para-hydroxylation sites is 1. The van der Waals surface area contributed by atoms with Crippen molar-refractivity contribution >= 4 is 28.4 Å². The van der Waals surface area contributed by atoms with Gasteiger partial charge in [-0.3, -0.25) is 0 Å². The van der Waals surface area contributed by atoms with E-state index in [2.05, 4.69) is 4.98 Å². The van der Waals surface area contributed by atoms with Crippen molar-refractivity contribution in [3.63, 3.8) is 0 Å². The zero-order chi connectivity index (χ0) is 12.7. The van der Waals surface area contributed by atoms with E-state index in [9.17, 15) is 0 Å². The van der Waals surface area contributed by atoms with Gasteiger partial charge >= 0.3 is 0 Å². The van der Waals surface area contributed by atoms with Crippen LogP contribution < -0.4 is 5.73 Å². The SMILES string of the molecule is Cc1ccc(N)c(-c2nc3cccc(Cl)c3o2)c1. The van der Waals surface area contributed by atoms with Gasteiger partial charge in [0.15, 0.2) is 5.58 Å². The number of hydrogen-bond donors (Lipinski definition) is 1. The second kappa shape index (κ2) is 4.03. The molecule has 2 N–H and O–H groups in total. The number of rotatable bonds is 1. The van der Waals surface area contributed by atoms with Gasteiger partial charge in [0.2, 0.25) is 5.89 Å². The molecule has 0 unspecified atom stereocenters. The number of halogens is 1. The van der Waals surface area contributed by atoms with Crippen LogP contribution in [-0.2, 0) is 0 Å². The predicted molar refractivity (Wildman–Crippen MR) is 73.6 cm³/mol. The van der Waals surface area contributed by atoms with Crippen LogP contribution in [0.25, 0.3) is 22.6 Å². The second-order valence-corrected chi connectivity index (χ2v) is 4.61. The van der Waals surface area contributed by atoms with E-state index in [0.29, 0.717) is 22.2 Å². The van der Waals surface area contributed by atoms with Crippen LogP contribution in [0.15, 0.2) is 40.8 Å². The number of nitrogen functional groups attached to an aromatic ring is 1. The number of aromatic nitrogens is 1. The summed E-state index contributed by atoms with van der Waals surface area (Å²) in [5.74, 6) is 0.499. The lowest BCUT2D eigenvalue weighted by Crippen LogP contribution is -1.90. The third-order valence-electron chi connectivity index (χ3n) is 2.81. The molecule has 1 heterocycles. The fourth-order valence-corrected chi connectivity index (χ4v) is 2.09. The lowest BCUT2D eigenvalue weighted by Gasteiger charge is -2.01. The van der Waals surface area contributed by atoms with E-state index in [1.807, 2.05) is 37.3 Å². The minimum atomic E-state index is 0.499. The van der Waals surface area contributed by atoms with Gasteiger partial charge in [-0.1, -0.05) is 29.3 Å². The Labute approximate surface area is 109 Å². The fourth-order valence-electron chi connectivity index (χ4n) is 1.89. The Balaban J connectivity index is 2.26. The number of hydrogen-bond acceptors (Lipinski definition) is 3. The van der Waals surface area contributed by atoms with Gasteiger partial charge in [-0.2, -0.15) is 0 Å². The molecule has 0 bridgehead atoms. The molecule has 2 aromatic carbocycles. The van der Waals surface area contributed by atoms with Crippen molar-refractivity contribution < 1.29 is 4.42 Å². The average molecular weight is 259 g/mol. The molecule has 0 spiro atoms. The predicted octanol–water partition coefficient (Wildman–Crippen LogP) is 4.04. The summed E-state index contributed by atoms with van der Waals surface area (Å²) in [4.78, 5) is 4.41. The molecule has 3 aromatic rings. The maximum absolute atomic E-state index is 6.06. The third kappa shape index (κ3) is 1.73. The third-order valence-corrected chi connectivity index (χ3v) is 3.10. The minimum Gasteiger partial charge on any atom is -0.434 e. The summed E-state index contributed by atoms with van der Waals surface area (Å²) in [5.41, 5.74) is 9.82. The van der Waals surface area contributed by atoms with Crippen molar-refractivity contribution in [2.45, 2.75) is 6.92 Å². The molecule has 0 aliphatic carbocycles. The lowest BCUT2D eigenvalue weighted by molar-refractivity contribution is 0.620. The first-order valence-electron chi connectivity index (χ1n) is 5.57. The summed E-state index contributed by atoms with van der Waals surface area (Å²) < 4.78 is 5.70. The number of aryl methyl sites for hydroxylation is 1. The van der Waals surface area contributed by atoms with Crippen LogP contribution >= 0.6 is 11.6 Å². The first-order chi connectivity index (χ1) is 8.65. The fraction of sp³-hybridized carbons (Fsp3) is 0.0714. The van der Waals surface area contributed by atoms with Crippen molar-refractivity contribution in [2.24, 2.45) is 0 Å². The van der Waals surface area contributed by atoms with Gasteiger partial charge in [-0.05, 0) is 31.2 Å². The summed E-state index contributed by atoms with van der Waals surface area (Å²) in [7, 11) is 0. The van der Waals surface area contributed by atoms with Crippen LogP contribution in [0.4, 0.5) is 5.69 Å². The Morgan fingerprint density at radius 2 is 2.06 bits per heavy atom. The van der Waals surface area contributed by atoms with Gasteiger partial charge < -0.3 is 10.2 Å². The Kier molecular flexibility index (Phi) is 2.49. The molecule has 0 fully saturated rings. The number of nitrogens with two attached hydrogens (primary N) is 1. The number of fused-ring (bicyclic) bond motifs is 1. The van der Waals surface area contributed by atoms with Crippen LogP contribution in [-0.4, -0.2) is 4.98 Å². The van der Waals surface area contributed by atoms with E-state index in [1.165, 1.54) is 0 Å². The van der Waals surface area contributed by atoms with E-state index in [4.69, 9.17) is 21.8 Å². The highest BCUT2D eigenvalue weighted by atomic mass is 35.5. The van der Waals surface area contributed by atoms with E-state index in [1.54, 1.807) is 6.07 Å². The van der Waals surface area contributed by atoms with Crippen LogP contribution in [0.2, 0.25) is 5.02 Å². The van der Waals surface area contributed by atoms with Crippen molar-refractivity contribution in [1.29, 1.82) is 0 Å². The average Bonchev–Trinajstić information content (AvgIpc) is 2.77. The summed E-state index contributed by atoms with van der Waals surface area (Å²) in [5, 5.41) is 0.553. The molecule has 0 amide bonds. The Hall–Kier alpha value is -2.00. The minimum absolute atomic E-state index is 0.499. The van der Waals surface area contributed by atoms with Crippen molar-refractivity contribution in [1.82, 2.24) is 4.98 Å². The van der Waals surface area contributed by atoms with Crippen molar-refractivity contribution in [3.05, 3.63) is 47.0 Å². The molecule has 0 radical (unpaired) electrons. The van der Waals surface area contributed by atoms with Gasteiger partial charge in [0, 0.05) is 5.69 Å². The summed E-state index contributed by atoms with van der Waals surface area (Å²) in [6.45, 7) is 2.00. The smallest absolute Gasteiger partial charge is 0.229 e. The summed E-state index contributed by atoms with van der Waals surface area (Å²) in [6, 6.07) is 11.2. The first-order valence-corrected chi connectivity index (χ1v) is 5.94. The molecule has 3 nitrogen and oxygen atoms in total. The quantitative estimate of drug-likeness (QED) is 0.670. The van der Waals surface area contributed by atoms with Gasteiger partial charge in [0.1, 0.15) is 5.52 Å². The van der Waals surface area contributed by atoms with E-state index >= 15 is 0 Å². The Bertz CT molecular complexity index is 734. The molecule has 3 rings (SSSR count). The number of benzene rings is 2. The van der Waals surface area contributed by atoms with E-state index in [0.717, 1.165) is 16.6 Å².